The van der Waals surface area contributed by atoms with E-state index in [1.807, 2.05) is 61.5 Å². The maximum absolute atomic E-state index is 13.4. The summed E-state index contributed by atoms with van der Waals surface area (Å²) in [6.07, 6.45) is 1.47. The van der Waals surface area contributed by atoms with Crippen molar-refractivity contribution in [2.45, 2.75) is 26.1 Å². The predicted molar refractivity (Wildman–Crippen MR) is 140 cm³/mol. The zero-order chi connectivity index (χ0) is 25.1. The van der Waals surface area contributed by atoms with Crippen LogP contribution in [-0.4, -0.2) is 20.7 Å². The van der Waals surface area contributed by atoms with Gasteiger partial charge in [0.2, 0.25) is 5.95 Å². The number of halogens is 2. The van der Waals surface area contributed by atoms with Crippen molar-refractivity contribution in [3.8, 4) is 5.75 Å². The van der Waals surface area contributed by atoms with E-state index < -0.39 is 6.04 Å². The van der Waals surface area contributed by atoms with Gasteiger partial charge in [0.05, 0.1) is 5.57 Å². The van der Waals surface area contributed by atoms with E-state index in [1.165, 1.54) is 6.33 Å². The molecule has 3 aromatic carbocycles. The molecule has 4 aromatic rings. The molecule has 0 spiro atoms. The topological polar surface area (TPSA) is 81.1 Å². The minimum atomic E-state index is -0.494. The van der Waals surface area contributed by atoms with Crippen LogP contribution >= 0.6 is 23.2 Å². The van der Waals surface area contributed by atoms with Gasteiger partial charge in [-0.2, -0.15) is 10.1 Å². The number of nitrogens with one attached hydrogen (secondary N) is 2. The Balaban J connectivity index is 1.43. The van der Waals surface area contributed by atoms with Crippen LogP contribution in [0.5, 0.6) is 5.75 Å². The molecule has 0 radical (unpaired) electrons. The number of benzene rings is 3. The highest BCUT2D eigenvalue weighted by atomic mass is 35.5. The smallest absolute Gasteiger partial charge is 0.251 e. The van der Waals surface area contributed by atoms with E-state index in [1.54, 1.807) is 22.9 Å². The number of allylic oxidation sites excluding steroid dienone is 1. The molecule has 7 nitrogen and oxygen atoms in total. The molecule has 1 aliphatic rings. The van der Waals surface area contributed by atoms with E-state index in [4.69, 9.17) is 27.9 Å². The monoisotopic (exact) mass is 519 g/mol. The first kappa shape index (κ1) is 23.9. The summed E-state index contributed by atoms with van der Waals surface area (Å²) in [6.45, 7) is 2.49. The van der Waals surface area contributed by atoms with Gasteiger partial charge in [0.15, 0.2) is 0 Å². The van der Waals surface area contributed by atoms with Crippen LogP contribution in [0.1, 0.15) is 29.7 Å². The van der Waals surface area contributed by atoms with E-state index in [0.29, 0.717) is 45.1 Å². The summed E-state index contributed by atoms with van der Waals surface area (Å²) in [6, 6.07) is 22.2. The first-order valence-electron chi connectivity index (χ1n) is 11.4. The van der Waals surface area contributed by atoms with Gasteiger partial charge in [-0.15, -0.1) is 0 Å². The maximum atomic E-state index is 13.4. The molecule has 36 heavy (non-hydrogen) atoms. The fraction of sp³-hybridized carbons (Fsp3) is 0.148. The van der Waals surface area contributed by atoms with Crippen LogP contribution in [0.2, 0.25) is 10.0 Å². The lowest BCUT2D eigenvalue weighted by molar-refractivity contribution is -0.118. The summed E-state index contributed by atoms with van der Waals surface area (Å²) in [4.78, 5) is 17.7. The molecule has 1 aromatic heterocycles. The van der Waals surface area contributed by atoms with Gasteiger partial charge in [-0.3, -0.25) is 4.79 Å². The van der Waals surface area contributed by atoms with Gasteiger partial charge >= 0.3 is 0 Å². The minimum Gasteiger partial charge on any atom is -0.489 e. The molecule has 0 bridgehead atoms. The Morgan fingerprint density at radius 3 is 2.58 bits per heavy atom. The Morgan fingerprint density at radius 2 is 1.81 bits per heavy atom. The van der Waals surface area contributed by atoms with Crippen LogP contribution in [0.4, 0.5) is 5.95 Å². The van der Waals surface area contributed by atoms with E-state index in [-0.39, 0.29) is 12.5 Å². The third kappa shape index (κ3) is 4.94. The van der Waals surface area contributed by atoms with E-state index in [2.05, 4.69) is 20.7 Å². The Kier molecular flexibility index (Phi) is 6.93. The first-order chi connectivity index (χ1) is 17.5. The summed E-state index contributed by atoms with van der Waals surface area (Å²) in [5.41, 5.74) is 3.81. The Bertz CT molecular complexity index is 1410. The third-order valence-corrected chi connectivity index (χ3v) is 6.66. The van der Waals surface area contributed by atoms with Crippen molar-refractivity contribution in [1.29, 1.82) is 0 Å². The first-order valence-corrected chi connectivity index (χ1v) is 12.1. The highest BCUT2D eigenvalue weighted by Gasteiger charge is 2.33. The van der Waals surface area contributed by atoms with Gasteiger partial charge in [-0.05, 0) is 42.3 Å². The van der Waals surface area contributed by atoms with E-state index in [9.17, 15) is 4.79 Å². The molecule has 0 aliphatic carbocycles. The SMILES string of the molecule is CC1=C(C(=O)NCc2ccccc2)C(c2cccc(OCc3c(Cl)cccc3Cl)c2)n2ncnc2N1. The molecular formula is C27H23Cl2N5O2. The molecule has 1 aliphatic heterocycles. The molecule has 0 fully saturated rings. The molecule has 1 unspecified atom stereocenters. The largest absolute Gasteiger partial charge is 0.489 e. The van der Waals surface area contributed by atoms with Crippen LogP contribution in [0.15, 0.2) is 90.4 Å². The summed E-state index contributed by atoms with van der Waals surface area (Å²) >= 11 is 12.6. The van der Waals surface area contributed by atoms with Crippen LogP contribution in [0.25, 0.3) is 0 Å². The number of carbonyl (C=O) groups is 1. The Hall–Kier alpha value is -3.81. The normalized spacial score (nSPS) is 14.7. The number of rotatable bonds is 7. The second-order valence-corrected chi connectivity index (χ2v) is 9.14. The summed E-state index contributed by atoms with van der Waals surface area (Å²) in [5, 5.41) is 11.7. The predicted octanol–water partition coefficient (Wildman–Crippen LogP) is 5.77. The van der Waals surface area contributed by atoms with Gasteiger partial charge in [0.1, 0.15) is 24.7 Å². The number of hydrogen-bond donors (Lipinski definition) is 2. The highest BCUT2D eigenvalue weighted by Crippen LogP contribution is 2.36. The molecule has 182 valence electrons. The van der Waals surface area contributed by atoms with Gasteiger partial charge in [0.25, 0.3) is 5.91 Å². The average molecular weight is 520 g/mol. The number of amides is 1. The molecule has 9 heteroatoms. The summed E-state index contributed by atoms with van der Waals surface area (Å²) < 4.78 is 7.74. The average Bonchev–Trinajstić information content (AvgIpc) is 3.35. The number of aromatic nitrogens is 3. The number of nitrogens with zero attached hydrogens (tertiary/aromatic N) is 3. The van der Waals surface area contributed by atoms with Crippen molar-refractivity contribution in [3.63, 3.8) is 0 Å². The standard InChI is InChI=1S/C27H23Cl2N5O2/c1-17-24(26(35)30-14-18-7-3-2-4-8-18)25(34-27(33-17)31-16-32-34)19-9-5-10-20(13-19)36-15-21-22(28)11-6-12-23(21)29/h2-13,16,25H,14-15H2,1H3,(H,30,35)(H,31,32,33). The number of hydrogen-bond acceptors (Lipinski definition) is 5. The molecule has 2 N–H and O–H groups in total. The molecule has 1 atom stereocenters. The fourth-order valence-electron chi connectivity index (χ4n) is 4.17. The lowest BCUT2D eigenvalue weighted by Gasteiger charge is -2.29. The molecule has 0 saturated heterocycles. The second-order valence-electron chi connectivity index (χ2n) is 8.32. The zero-order valence-electron chi connectivity index (χ0n) is 19.4. The van der Waals surface area contributed by atoms with Crippen molar-refractivity contribution < 1.29 is 9.53 Å². The molecule has 5 rings (SSSR count). The third-order valence-electron chi connectivity index (χ3n) is 5.95. The number of fused-ring (bicyclic) bond motifs is 1. The van der Waals surface area contributed by atoms with Crippen LogP contribution in [0.3, 0.4) is 0 Å². The zero-order valence-corrected chi connectivity index (χ0v) is 20.9. The maximum Gasteiger partial charge on any atom is 0.251 e. The number of anilines is 1. The fourth-order valence-corrected chi connectivity index (χ4v) is 4.67. The van der Waals surface area contributed by atoms with Crippen molar-refractivity contribution in [2.75, 3.05) is 5.32 Å². The van der Waals surface area contributed by atoms with Crippen LogP contribution in [-0.2, 0) is 17.9 Å². The molecule has 2 heterocycles. The lowest BCUT2D eigenvalue weighted by atomic mass is 9.95. The van der Waals surface area contributed by atoms with Crippen molar-refractivity contribution in [3.05, 3.63) is 117 Å². The Labute approximate surface area is 218 Å². The summed E-state index contributed by atoms with van der Waals surface area (Å²) in [5.74, 6) is 0.987. The van der Waals surface area contributed by atoms with Crippen LogP contribution < -0.4 is 15.4 Å². The molecular weight excluding hydrogens is 497 g/mol. The molecule has 0 saturated carbocycles. The van der Waals surface area contributed by atoms with Crippen LogP contribution in [0, 0.1) is 0 Å². The van der Waals surface area contributed by atoms with Gasteiger partial charge in [0, 0.05) is 27.9 Å². The van der Waals surface area contributed by atoms with Gasteiger partial charge in [-0.1, -0.05) is 71.7 Å². The number of carbonyl (C=O) groups excluding carboxylic acids is 1. The Morgan fingerprint density at radius 1 is 1.06 bits per heavy atom. The van der Waals surface area contributed by atoms with Crippen molar-refractivity contribution in [1.82, 2.24) is 20.1 Å². The van der Waals surface area contributed by atoms with Crippen molar-refractivity contribution >= 4 is 35.1 Å². The minimum absolute atomic E-state index is 0.191. The van der Waals surface area contributed by atoms with E-state index in [0.717, 1.165) is 11.1 Å². The quantitative estimate of drug-likeness (QED) is 0.324. The molecule has 1 amide bonds. The van der Waals surface area contributed by atoms with E-state index >= 15 is 0 Å². The summed E-state index contributed by atoms with van der Waals surface area (Å²) in [7, 11) is 0. The van der Waals surface area contributed by atoms with Crippen molar-refractivity contribution in [2.24, 2.45) is 0 Å². The van der Waals surface area contributed by atoms with Gasteiger partial charge < -0.3 is 15.4 Å². The number of ether oxygens (including phenoxy) is 1. The van der Waals surface area contributed by atoms with Gasteiger partial charge in [-0.25, -0.2) is 4.68 Å². The highest BCUT2D eigenvalue weighted by molar-refractivity contribution is 6.35. The second kappa shape index (κ2) is 10.4. The lowest BCUT2D eigenvalue weighted by Crippen LogP contribution is -2.34.